The number of carbonyl (C=O) groups excluding carboxylic acids is 1. The molecule has 6 nitrogen and oxygen atoms in total. The number of nitrogens with one attached hydrogen (secondary N) is 2. The number of fused-ring (bicyclic) bond motifs is 1. The van der Waals surface area contributed by atoms with E-state index in [0.717, 1.165) is 18.8 Å². The summed E-state index contributed by atoms with van der Waals surface area (Å²) >= 11 is 0. The predicted octanol–water partition coefficient (Wildman–Crippen LogP) is 3.70. The maximum Gasteiger partial charge on any atom is 0.231 e. The predicted molar refractivity (Wildman–Crippen MR) is 104 cm³/mol. The van der Waals surface area contributed by atoms with Crippen molar-refractivity contribution in [3.05, 3.63) is 42.5 Å². The third-order valence-corrected chi connectivity index (χ3v) is 4.33. The van der Waals surface area contributed by atoms with Gasteiger partial charge in [0.2, 0.25) is 12.7 Å². The highest BCUT2D eigenvalue weighted by molar-refractivity contribution is 5.91. The van der Waals surface area contributed by atoms with Crippen LogP contribution in [0.25, 0.3) is 0 Å². The highest BCUT2D eigenvalue weighted by Gasteiger charge is 2.14. The van der Waals surface area contributed by atoms with Crippen LogP contribution >= 0.6 is 0 Å². The fourth-order valence-electron chi connectivity index (χ4n) is 2.90. The van der Waals surface area contributed by atoms with E-state index >= 15 is 0 Å². The van der Waals surface area contributed by atoms with E-state index < -0.39 is 0 Å². The second-order valence-corrected chi connectivity index (χ2v) is 6.01. The number of ether oxygens (including phenoxy) is 2. The average Bonchev–Trinajstić information content (AvgIpc) is 3.12. The second-order valence-electron chi connectivity index (χ2n) is 6.01. The quantitative estimate of drug-likeness (QED) is 0.756. The molecule has 6 heteroatoms. The van der Waals surface area contributed by atoms with E-state index in [2.05, 4.69) is 41.5 Å². The molecule has 0 aliphatic carbocycles. The summed E-state index contributed by atoms with van der Waals surface area (Å²) in [7, 11) is 0. The third-order valence-electron chi connectivity index (χ3n) is 4.33. The van der Waals surface area contributed by atoms with Crippen molar-refractivity contribution in [1.29, 1.82) is 0 Å². The van der Waals surface area contributed by atoms with Crippen molar-refractivity contribution in [2.75, 3.05) is 42.0 Å². The summed E-state index contributed by atoms with van der Waals surface area (Å²) < 4.78 is 10.6. The Morgan fingerprint density at radius 1 is 1.00 bits per heavy atom. The zero-order valence-corrected chi connectivity index (χ0v) is 15.2. The summed E-state index contributed by atoms with van der Waals surface area (Å²) in [5, 5.41) is 6.16. The number of benzene rings is 2. The largest absolute Gasteiger partial charge is 0.454 e. The summed E-state index contributed by atoms with van der Waals surface area (Å²) in [6.45, 7) is 7.07. The van der Waals surface area contributed by atoms with Gasteiger partial charge in [-0.25, -0.2) is 0 Å². The van der Waals surface area contributed by atoms with E-state index in [9.17, 15) is 4.79 Å². The van der Waals surface area contributed by atoms with Crippen LogP contribution in [-0.4, -0.2) is 32.3 Å². The molecule has 0 aromatic heterocycles. The van der Waals surface area contributed by atoms with Gasteiger partial charge in [-0.2, -0.15) is 0 Å². The van der Waals surface area contributed by atoms with Crippen molar-refractivity contribution in [3.63, 3.8) is 0 Å². The molecule has 3 rings (SSSR count). The Labute approximate surface area is 154 Å². The summed E-state index contributed by atoms with van der Waals surface area (Å²) in [4.78, 5) is 14.4. The van der Waals surface area contributed by atoms with Gasteiger partial charge in [-0.3, -0.25) is 4.79 Å². The number of hydrogen-bond acceptors (Lipinski definition) is 5. The van der Waals surface area contributed by atoms with Crippen molar-refractivity contribution in [2.45, 2.75) is 20.3 Å². The van der Waals surface area contributed by atoms with Gasteiger partial charge in [0.25, 0.3) is 0 Å². The number of nitrogens with zero attached hydrogens (tertiary/aromatic N) is 1. The number of rotatable bonds is 8. The van der Waals surface area contributed by atoms with Crippen LogP contribution in [0.2, 0.25) is 0 Å². The Morgan fingerprint density at radius 3 is 2.42 bits per heavy atom. The number of carbonyl (C=O) groups is 1. The van der Waals surface area contributed by atoms with Gasteiger partial charge < -0.3 is 25.0 Å². The molecule has 0 saturated heterocycles. The molecule has 0 unspecified atom stereocenters. The molecule has 2 N–H and O–H groups in total. The van der Waals surface area contributed by atoms with Gasteiger partial charge in [0.1, 0.15) is 0 Å². The summed E-state index contributed by atoms with van der Waals surface area (Å²) in [5.74, 6) is 1.32. The topological polar surface area (TPSA) is 62.8 Å². The van der Waals surface area contributed by atoms with Gasteiger partial charge in [0.05, 0.1) is 0 Å². The highest BCUT2D eigenvalue weighted by Crippen LogP contribution is 2.34. The number of amides is 1. The van der Waals surface area contributed by atoms with Crippen LogP contribution in [0.3, 0.4) is 0 Å². The molecule has 0 spiro atoms. The van der Waals surface area contributed by atoms with Crippen LogP contribution in [0.1, 0.15) is 20.3 Å². The van der Waals surface area contributed by atoms with Crippen molar-refractivity contribution < 1.29 is 14.3 Å². The molecule has 2 aromatic rings. The molecule has 1 amide bonds. The minimum Gasteiger partial charge on any atom is -0.454 e. The van der Waals surface area contributed by atoms with Gasteiger partial charge in [0.15, 0.2) is 11.5 Å². The second kappa shape index (κ2) is 8.47. The van der Waals surface area contributed by atoms with E-state index in [1.165, 1.54) is 5.69 Å². The maximum absolute atomic E-state index is 12.1. The van der Waals surface area contributed by atoms with Crippen molar-refractivity contribution in [1.82, 2.24) is 0 Å². The smallest absolute Gasteiger partial charge is 0.231 e. The van der Waals surface area contributed by atoms with E-state index in [1.54, 1.807) is 12.1 Å². The standard InChI is InChI=1S/C20H25N3O3/c1-3-23(4-2)17-8-5-15(6-9-17)21-12-11-20(24)22-16-7-10-18-19(13-16)26-14-25-18/h5-10,13,21H,3-4,11-12,14H2,1-2H3,(H,22,24). The van der Waals surface area contributed by atoms with E-state index in [-0.39, 0.29) is 12.7 Å². The molecule has 2 aromatic carbocycles. The molecule has 0 atom stereocenters. The van der Waals surface area contributed by atoms with Crippen molar-refractivity contribution in [2.24, 2.45) is 0 Å². The molecule has 0 radical (unpaired) electrons. The van der Waals surface area contributed by atoms with Gasteiger partial charge in [-0.1, -0.05) is 0 Å². The number of hydrogen-bond donors (Lipinski definition) is 2. The summed E-state index contributed by atoms with van der Waals surface area (Å²) in [5.41, 5.74) is 2.93. The molecule has 1 aliphatic heterocycles. The molecule has 0 bridgehead atoms. The Bertz CT molecular complexity index is 742. The maximum atomic E-state index is 12.1. The lowest BCUT2D eigenvalue weighted by molar-refractivity contribution is -0.115. The zero-order chi connectivity index (χ0) is 18.4. The monoisotopic (exact) mass is 355 g/mol. The van der Waals surface area contributed by atoms with E-state index in [4.69, 9.17) is 9.47 Å². The Kier molecular flexibility index (Phi) is 5.84. The minimum atomic E-state index is -0.0453. The molecular formula is C20H25N3O3. The Hall–Kier alpha value is -2.89. The van der Waals surface area contributed by atoms with Crippen LogP contribution in [-0.2, 0) is 4.79 Å². The first kappa shape index (κ1) is 17.9. The lowest BCUT2D eigenvalue weighted by atomic mass is 10.2. The van der Waals surface area contributed by atoms with Crippen LogP contribution in [0.15, 0.2) is 42.5 Å². The Balaban J connectivity index is 1.45. The molecule has 0 fully saturated rings. The highest BCUT2D eigenvalue weighted by atomic mass is 16.7. The Morgan fingerprint density at radius 2 is 1.69 bits per heavy atom. The molecule has 1 heterocycles. The molecule has 138 valence electrons. The minimum absolute atomic E-state index is 0.0453. The first-order valence-corrected chi connectivity index (χ1v) is 8.98. The lowest BCUT2D eigenvalue weighted by Gasteiger charge is -2.21. The van der Waals surface area contributed by atoms with Crippen LogP contribution in [0.4, 0.5) is 17.1 Å². The van der Waals surface area contributed by atoms with Gasteiger partial charge in [0, 0.05) is 49.2 Å². The van der Waals surface area contributed by atoms with Crippen molar-refractivity contribution in [3.8, 4) is 11.5 Å². The fourth-order valence-corrected chi connectivity index (χ4v) is 2.90. The van der Waals surface area contributed by atoms with Gasteiger partial charge in [-0.15, -0.1) is 0 Å². The van der Waals surface area contributed by atoms with E-state index in [0.29, 0.717) is 30.2 Å². The average molecular weight is 355 g/mol. The molecular weight excluding hydrogens is 330 g/mol. The van der Waals surface area contributed by atoms with E-state index in [1.807, 2.05) is 18.2 Å². The molecule has 1 aliphatic rings. The summed E-state index contributed by atoms with van der Waals surface area (Å²) in [6.07, 6.45) is 0.381. The van der Waals surface area contributed by atoms with Gasteiger partial charge >= 0.3 is 0 Å². The SMILES string of the molecule is CCN(CC)c1ccc(NCCC(=O)Nc2ccc3c(c2)OCO3)cc1. The first-order valence-electron chi connectivity index (χ1n) is 8.98. The van der Waals surface area contributed by atoms with Crippen LogP contribution < -0.4 is 25.0 Å². The molecule has 26 heavy (non-hydrogen) atoms. The van der Waals surface area contributed by atoms with Crippen LogP contribution in [0, 0.1) is 0 Å². The van der Waals surface area contributed by atoms with Crippen LogP contribution in [0.5, 0.6) is 11.5 Å². The van der Waals surface area contributed by atoms with Crippen molar-refractivity contribution >= 4 is 23.0 Å². The normalized spacial score (nSPS) is 11.9. The summed E-state index contributed by atoms with van der Waals surface area (Å²) in [6, 6.07) is 13.7. The fraction of sp³-hybridized carbons (Fsp3) is 0.350. The third kappa shape index (κ3) is 4.39. The first-order chi connectivity index (χ1) is 12.7. The number of anilines is 3. The van der Waals surface area contributed by atoms with Gasteiger partial charge in [-0.05, 0) is 50.2 Å². The zero-order valence-electron chi connectivity index (χ0n) is 15.2. The molecule has 0 saturated carbocycles. The lowest BCUT2D eigenvalue weighted by Crippen LogP contribution is -2.21.